The van der Waals surface area contributed by atoms with E-state index in [1.165, 1.54) is 37.6 Å². The maximum atomic E-state index is 12.9. The highest BCUT2D eigenvalue weighted by Gasteiger charge is 2.22. The van der Waals surface area contributed by atoms with Crippen LogP contribution in [0.1, 0.15) is 5.56 Å². The van der Waals surface area contributed by atoms with Crippen LogP contribution >= 0.6 is 0 Å². The Morgan fingerprint density at radius 3 is 2.37 bits per heavy atom. The van der Waals surface area contributed by atoms with E-state index in [0.717, 1.165) is 11.6 Å². The highest BCUT2D eigenvalue weighted by Crippen LogP contribution is 2.28. The summed E-state index contributed by atoms with van der Waals surface area (Å²) in [5, 5.41) is 15.2. The largest absolute Gasteiger partial charge is 0.497 e. The molecule has 0 radical (unpaired) electrons. The fourth-order valence-electron chi connectivity index (χ4n) is 2.52. The summed E-state index contributed by atoms with van der Waals surface area (Å²) in [5.41, 5.74) is 3.46. The molecule has 0 bridgehead atoms. The van der Waals surface area contributed by atoms with E-state index in [9.17, 15) is 18.5 Å². The highest BCUT2D eigenvalue weighted by molar-refractivity contribution is 7.92. The Hall–Kier alpha value is -3.92. The van der Waals surface area contributed by atoms with E-state index < -0.39 is 14.9 Å². The van der Waals surface area contributed by atoms with Crippen LogP contribution < -0.4 is 14.9 Å². The summed E-state index contributed by atoms with van der Waals surface area (Å²) in [6.45, 7) is 0. The third kappa shape index (κ3) is 5.11. The Bertz CT molecular complexity index is 1160. The summed E-state index contributed by atoms with van der Waals surface area (Å²) in [5.74, 6) is 0.561. The van der Waals surface area contributed by atoms with Crippen LogP contribution in [-0.4, -0.2) is 26.7 Å². The minimum Gasteiger partial charge on any atom is -0.497 e. The number of hydrazone groups is 1. The van der Waals surface area contributed by atoms with Gasteiger partial charge in [0.25, 0.3) is 15.7 Å². The number of nitro benzene ring substituents is 1. The number of anilines is 2. The number of methoxy groups -OCH3 is 1. The number of non-ortho nitro benzene ring substituents is 1. The van der Waals surface area contributed by atoms with Crippen molar-refractivity contribution in [2.75, 3.05) is 17.3 Å². The average molecular weight is 426 g/mol. The number of hydrogen-bond donors (Lipinski definition) is 2. The van der Waals surface area contributed by atoms with E-state index in [2.05, 4.69) is 15.2 Å². The van der Waals surface area contributed by atoms with Crippen LogP contribution in [-0.2, 0) is 10.0 Å². The van der Waals surface area contributed by atoms with Gasteiger partial charge in [-0.2, -0.15) is 5.10 Å². The van der Waals surface area contributed by atoms with E-state index in [0.29, 0.717) is 5.75 Å². The van der Waals surface area contributed by atoms with Crippen molar-refractivity contribution in [2.45, 2.75) is 4.90 Å². The number of sulfonamides is 1. The van der Waals surface area contributed by atoms with E-state index >= 15 is 0 Å². The highest BCUT2D eigenvalue weighted by atomic mass is 32.2. The predicted octanol–water partition coefficient (Wildman–Crippen LogP) is 3.85. The summed E-state index contributed by atoms with van der Waals surface area (Å²) < 4.78 is 33.3. The number of benzene rings is 3. The molecule has 0 heterocycles. The van der Waals surface area contributed by atoms with Crippen molar-refractivity contribution in [1.82, 2.24) is 0 Å². The van der Waals surface area contributed by atoms with Crippen LogP contribution in [0, 0.1) is 10.1 Å². The number of rotatable bonds is 8. The van der Waals surface area contributed by atoms with E-state index in [1.54, 1.807) is 12.1 Å². The van der Waals surface area contributed by atoms with Gasteiger partial charge in [0.1, 0.15) is 10.6 Å². The Labute approximate surface area is 173 Å². The molecule has 0 aliphatic heterocycles. The molecule has 3 aromatic rings. The summed E-state index contributed by atoms with van der Waals surface area (Å²) in [4.78, 5) is 10.2. The zero-order chi connectivity index (χ0) is 21.6. The Morgan fingerprint density at radius 2 is 1.73 bits per heavy atom. The minimum atomic E-state index is -4.15. The van der Waals surface area contributed by atoms with Crippen molar-refractivity contribution in [3.63, 3.8) is 0 Å². The molecule has 0 fully saturated rings. The molecule has 3 rings (SSSR count). The van der Waals surface area contributed by atoms with Gasteiger partial charge >= 0.3 is 0 Å². The van der Waals surface area contributed by atoms with E-state index in [-0.39, 0.29) is 22.0 Å². The molecule has 0 spiro atoms. The lowest BCUT2D eigenvalue weighted by molar-refractivity contribution is -0.385. The molecule has 154 valence electrons. The predicted molar refractivity (Wildman–Crippen MR) is 115 cm³/mol. The molecule has 0 aliphatic carbocycles. The number of ether oxygens (including phenoxy) is 1. The van der Waals surface area contributed by atoms with Crippen LogP contribution in [0.5, 0.6) is 5.75 Å². The lowest BCUT2D eigenvalue weighted by Gasteiger charge is -2.12. The van der Waals surface area contributed by atoms with Crippen LogP contribution in [0.15, 0.2) is 82.8 Å². The van der Waals surface area contributed by atoms with E-state index in [1.807, 2.05) is 30.3 Å². The quantitative estimate of drug-likeness (QED) is 0.320. The van der Waals surface area contributed by atoms with Gasteiger partial charge in [-0.15, -0.1) is 0 Å². The first-order valence-corrected chi connectivity index (χ1v) is 10.2. The molecular weight excluding hydrogens is 408 g/mol. The maximum absolute atomic E-state index is 12.9. The van der Waals surface area contributed by atoms with Gasteiger partial charge in [0.15, 0.2) is 0 Å². The Morgan fingerprint density at radius 1 is 1.03 bits per heavy atom. The lowest BCUT2D eigenvalue weighted by atomic mass is 10.2. The van der Waals surface area contributed by atoms with Gasteiger partial charge in [-0.05, 0) is 35.9 Å². The number of nitrogens with one attached hydrogen (secondary N) is 2. The molecule has 0 aliphatic rings. The number of nitrogens with zero attached hydrogens (tertiary/aromatic N) is 2. The van der Waals surface area contributed by atoms with Gasteiger partial charge < -0.3 is 4.74 Å². The fraction of sp³-hybridized carbons (Fsp3) is 0.0500. The summed E-state index contributed by atoms with van der Waals surface area (Å²) in [6.07, 6.45) is 1.51. The second kappa shape index (κ2) is 9.05. The monoisotopic (exact) mass is 426 g/mol. The molecule has 0 unspecified atom stereocenters. The van der Waals surface area contributed by atoms with Crippen molar-refractivity contribution in [2.24, 2.45) is 5.10 Å². The Balaban J connectivity index is 1.92. The van der Waals surface area contributed by atoms with Crippen molar-refractivity contribution in [3.8, 4) is 5.75 Å². The second-order valence-corrected chi connectivity index (χ2v) is 7.70. The summed E-state index contributed by atoms with van der Waals surface area (Å²) >= 11 is 0. The van der Waals surface area contributed by atoms with Gasteiger partial charge in [-0.25, -0.2) is 8.42 Å². The molecule has 0 aromatic heterocycles. The molecule has 9 nitrogen and oxygen atoms in total. The first-order chi connectivity index (χ1) is 14.4. The van der Waals surface area contributed by atoms with Crippen LogP contribution in [0.2, 0.25) is 0 Å². The molecular formula is C20H18N4O5S. The zero-order valence-corrected chi connectivity index (χ0v) is 16.7. The third-order valence-electron chi connectivity index (χ3n) is 4.01. The van der Waals surface area contributed by atoms with Gasteiger partial charge in [-0.3, -0.25) is 20.3 Å². The second-order valence-electron chi connectivity index (χ2n) is 6.05. The van der Waals surface area contributed by atoms with Gasteiger partial charge in [0, 0.05) is 17.8 Å². The van der Waals surface area contributed by atoms with Gasteiger partial charge in [0.2, 0.25) is 0 Å². The number of hydrogen-bond acceptors (Lipinski definition) is 7. The topological polar surface area (TPSA) is 123 Å². The van der Waals surface area contributed by atoms with Crippen molar-refractivity contribution >= 4 is 33.3 Å². The first-order valence-electron chi connectivity index (χ1n) is 8.68. The zero-order valence-electron chi connectivity index (χ0n) is 15.8. The van der Waals surface area contributed by atoms with Crippen LogP contribution in [0.25, 0.3) is 0 Å². The standard InChI is InChI=1S/C20H18N4O5S/c1-29-18-10-7-16(8-11-18)23-30(27,28)20-13-17(24(25)26)9-12-19(20)22-21-14-15-5-3-2-4-6-15/h2-14,22-23H,1H3. The van der Waals surface area contributed by atoms with E-state index in [4.69, 9.17) is 4.74 Å². The lowest BCUT2D eigenvalue weighted by Crippen LogP contribution is -2.15. The number of nitro groups is 1. The Kier molecular flexibility index (Phi) is 6.28. The molecule has 0 saturated heterocycles. The SMILES string of the molecule is COc1ccc(NS(=O)(=O)c2cc([N+](=O)[O-])ccc2NN=Cc2ccccc2)cc1. The van der Waals surface area contributed by atoms with Crippen LogP contribution in [0.4, 0.5) is 17.1 Å². The maximum Gasteiger partial charge on any atom is 0.270 e. The molecule has 10 heteroatoms. The molecule has 30 heavy (non-hydrogen) atoms. The fourth-order valence-corrected chi connectivity index (χ4v) is 3.76. The summed E-state index contributed by atoms with van der Waals surface area (Å²) in [7, 11) is -2.65. The van der Waals surface area contributed by atoms with Gasteiger partial charge in [0.05, 0.1) is 23.9 Å². The molecule has 2 N–H and O–H groups in total. The molecule has 0 saturated carbocycles. The van der Waals surface area contributed by atoms with Gasteiger partial charge in [-0.1, -0.05) is 30.3 Å². The third-order valence-corrected chi connectivity index (χ3v) is 5.43. The van der Waals surface area contributed by atoms with Crippen LogP contribution in [0.3, 0.4) is 0 Å². The minimum absolute atomic E-state index is 0.0915. The summed E-state index contributed by atoms with van der Waals surface area (Å²) in [6, 6.07) is 18.9. The molecule has 3 aromatic carbocycles. The van der Waals surface area contributed by atoms with Crippen molar-refractivity contribution in [1.29, 1.82) is 0 Å². The normalized spacial score (nSPS) is 11.2. The smallest absolute Gasteiger partial charge is 0.270 e. The average Bonchev–Trinajstić information content (AvgIpc) is 2.75. The van der Waals surface area contributed by atoms with Crippen molar-refractivity contribution in [3.05, 3.63) is 88.5 Å². The molecule has 0 amide bonds. The first kappa shape index (κ1) is 20.8. The molecule has 0 atom stereocenters. The van der Waals surface area contributed by atoms with Crippen molar-refractivity contribution < 1.29 is 18.1 Å².